The number of phenols is 1. The van der Waals surface area contributed by atoms with Crippen molar-refractivity contribution in [3.63, 3.8) is 0 Å². The van der Waals surface area contributed by atoms with E-state index in [2.05, 4.69) is 50.8 Å². The maximum Gasteiger partial charge on any atom is 3.00 e. The summed E-state index contributed by atoms with van der Waals surface area (Å²) in [4.78, 5) is 13.1. The number of nitrogens with zero attached hydrogens (tertiary/aromatic N) is 6. The second kappa shape index (κ2) is 15.2. The number of rotatable bonds is 3. The number of phenolic OH excluding ortho intramolecular Hbond substituents is 1. The van der Waals surface area contributed by atoms with Crippen LogP contribution in [0.2, 0.25) is 0 Å². The molecule has 0 saturated carbocycles. The fourth-order valence-electron chi connectivity index (χ4n) is 3.33. The van der Waals surface area contributed by atoms with Gasteiger partial charge in [0.05, 0.1) is 5.71 Å². The molecule has 0 saturated heterocycles. The normalized spacial score (nSPS) is 11.7. The first-order valence-electron chi connectivity index (χ1n) is 11.0. The number of anilines is 1. The molecule has 0 aliphatic carbocycles. The molecule has 3 aromatic rings. The Morgan fingerprint density at radius 1 is 0.868 bits per heavy atom. The Morgan fingerprint density at radius 3 is 1.95 bits per heavy atom. The number of carbonyl (C=O) groups is 1. The number of hydrogen-bond donors (Lipinski definition) is 3. The van der Waals surface area contributed by atoms with Crippen molar-refractivity contribution in [2.75, 3.05) is 5.32 Å². The van der Waals surface area contributed by atoms with Crippen LogP contribution in [0.3, 0.4) is 0 Å². The van der Waals surface area contributed by atoms with Crippen LogP contribution in [0, 0.1) is 0 Å². The SMILES string of the molecule is C/C(=N/NC(=O)Nc1ccccc1)c1ccccc1O.C1=C[N-]c2c3c(ccc2=C1)=CC=C[N-]3.[Co+3].[N-]=[N+]=[N-]. The van der Waals surface area contributed by atoms with Crippen molar-refractivity contribution in [2.24, 2.45) is 5.10 Å². The van der Waals surface area contributed by atoms with E-state index in [1.54, 1.807) is 55.7 Å². The van der Waals surface area contributed by atoms with Crippen molar-refractivity contribution >= 4 is 41.0 Å². The van der Waals surface area contributed by atoms with E-state index in [1.165, 1.54) is 4.91 Å². The van der Waals surface area contributed by atoms with Gasteiger partial charge in [0, 0.05) is 11.3 Å². The van der Waals surface area contributed by atoms with Gasteiger partial charge in [-0.15, -0.1) is 11.4 Å². The number of urea groups is 1. The molecule has 0 bridgehead atoms. The number of benzene rings is 3. The van der Waals surface area contributed by atoms with Gasteiger partial charge in [-0.3, -0.25) is 4.91 Å². The molecule has 2 aliphatic heterocycles. The van der Waals surface area contributed by atoms with E-state index < -0.39 is 6.03 Å². The van der Waals surface area contributed by atoms with Gasteiger partial charge in [-0.1, -0.05) is 66.8 Å². The number of fused-ring (bicyclic) bond motifs is 3. The Kier molecular flexibility index (Phi) is 11.7. The van der Waals surface area contributed by atoms with Gasteiger partial charge in [0.2, 0.25) is 0 Å². The van der Waals surface area contributed by atoms with Gasteiger partial charge < -0.3 is 32.1 Å². The van der Waals surface area contributed by atoms with Gasteiger partial charge in [0.15, 0.2) is 0 Å². The van der Waals surface area contributed by atoms with E-state index in [1.807, 2.05) is 30.4 Å². The molecular formula is C27H23CoN8O2. The Balaban J connectivity index is 0.000000246. The molecule has 10 nitrogen and oxygen atoms in total. The minimum atomic E-state index is -0.439. The molecule has 2 amide bonds. The van der Waals surface area contributed by atoms with Crippen LogP contribution in [-0.2, 0) is 16.8 Å². The van der Waals surface area contributed by atoms with Crippen molar-refractivity contribution in [1.82, 2.24) is 5.43 Å². The van der Waals surface area contributed by atoms with Crippen LogP contribution in [0.15, 0.2) is 96.4 Å². The molecule has 5 rings (SSSR count). The molecule has 3 aromatic carbocycles. The van der Waals surface area contributed by atoms with E-state index in [0.717, 1.165) is 21.8 Å². The summed E-state index contributed by atoms with van der Waals surface area (Å²) < 4.78 is 0. The first-order chi connectivity index (χ1) is 18.0. The average molecular weight is 550 g/mol. The van der Waals surface area contributed by atoms with Gasteiger partial charge in [0.25, 0.3) is 0 Å². The molecular weight excluding hydrogens is 527 g/mol. The van der Waals surface area contributed by atoms with E-state index in [9.17, 15) is 9.90 Å². The predicted octanol–water partition coefficient (Wildman–Crippen LogP) is 6.11. The van der Waals surface area contributed by atoms with Crippen LogP contribution in [0.5, 0.6) is 5.75 Å². The summed E-state index contributed by atoms with van der Waals surface area (Å²) >= 11 is 0. The molecule has 3 N–H and O–H groups in total. The second-order valence-electron chi connectivity index (χ2n) is 7.45. The fourth-order valence-corrected chi connectivity index (χ4v) is 3.33. The first-order valence-corrected chi connectivity index (χ1v) is 11.0. The molecule has 192 valence electrons. The molecule has 0 aromatic heterocycles. The van der Waals surface area contributed by atoms with Gasteiger partial charge in [-0.05, 0) is 41.6 Å². The van der Waals surface area contributed by atoms with Crippen LogP contribution in [0.1, 0.15) is 12.5 Å². The Labute approximate surface area is 229 Å². The topological polar surface area (TPSA) is 161 Å². The summed E-state index contributed by atoms with van der Waals surface area (Å²) in [5.74, 6) is 0.124. The van der Waals surface area contributed by atoms with Gasteiger partial charge in [-0.25, -0.2) is 10.2 Å². The zero-order chi connectivity index (χ0) is 26.5. The fraction of sp³-hybridized carbons (Fsp3) is 0.0370. The number of nitrogens with one attached hydrogen (secondary N) is 2. The summed E-state index contributed by atoms with van der Waals surface area (Å²) in [6.07, 6.45) is 11.6. The third-order valence-electron chi connectivity index (χ3n) is 5.00. The van der Waals surface area contributed by atoms with Crippen LogP contribution in [0.25, 0.3) is 38.8 Å². The minimum Gasteiger partial charge on any atom is -0.665 e. The number of allylic oxidation sites excluding steroid dienone is 2. The summed E-state index contributed by atoms with van der Waals surface area (Å²) in [5.41, 5.74) is 19.6. The standard InChI is InChI=1S/C15H15N3O2.C12H8N2.Co.N3/c1-11(13-9-5-6-10-14(13)19)17-18-15(20)16-12-7-3-2-4-8-12;1-3-9-5-6-10-4-2-8-14-12(10)11(9)13-7-1;;1-3-2/h2-10,19H,1H3,(H2,16,18,20);1-8H;;/q;-2;+3;-1/b17-11-;;;. The summed E-state index contributed by atoms with van der Waals surface area (Å²) in [6.45, 7) is 1.71. The van der Waals surface area contributed by atoms with Crippen molar-refractivity contribution in [1.29, 1.82) is 0 Å². The molecule has 0 fully saturated rings. The number of aromatic hydroxyl groups is 1. The molecule has 0 atom stereocenters. The van der Waals surface area contributed by atoms with E-state index >= 15 is 0 Å². The number of para-hydroxylation sites is 2. The molecule has 0 radical (unpaired) electrons. The van der Waals surface area contributed by atoms with Gasteiger partial charge in [0.1, 0.15) is 5.75 Å². The smallest absolute Gasteiger partial charge is 0.665 e. The Hall–Kier alpha value is -4.96. The second-order valence-corrected chi connectivity index (χ2v) is 7.45. The van der Waals surface area contributed by atoms with Crippen LogP contribution < -0.4 is 21.2 Å². The van der Waals surface area contributed by atoms with Gasteiger partial charge in [-0.2, -0.15) is 17.5 Å². The number of hydrogen-bond acceptors (Lipinski definition) is 3. The average Bonchev–Trinajstić information content (AvgIpc) is 2.93. The van der Waals surface area contributed by atoms with Crippen molar-refractivity contribution in [2.45, 2.75) is 6.92 Å². The maximum atomic E-state index is 11.6. The molecule has 38 heavy (non-hydrogen) atoms. The third-order valence-corrected chi connectivity index (χ3v) is 5.00. The van der Waals surface area contributed by atoms with Crippen LogP contribution >= 0.6 is 0 Å². The number of amides is 2. The minimum absolute atomic E-state index is 0. The maximum absolute atomic E-state index is 11.6. The van der Waals surface area contributed by atoms with E-state index in [4.69, 9.17) is 11.1 Å². The first kappa shape index (κ1) is 29.3. The summed E-state index contributed by atoms with van der Waals surface area (Å²) in [5, 5.41) is 27.2. The van der Waals surface area contributed by atoms with Gasteiger partial charge >= 0.3 is 22.8 Å². The number of hydrazone groups is 1. The van der Waals surface area contributed by atoms with Crippen molar-refractivity contribution in [3.05, 3.63) is 134 Å². The Bertz CT molecular complexity index is 1440. The molecule has 0 unspecified atom stereocenters. The zero-order valence-corrected chi connectivity index (χ0v) is 21.2. The van der Waals surface area contributed by atoms with E-state index in [0.29, 0.717) is 17.0 Å². The Morgan fingerprint density at radius 2 is 1.39 bits per heavy atom. The molecule has 0 spiro atoms. The van der Waals surface area contributed by atoms with Crippen molar-refractivity contribution in [3.8, 4) is 5.75 Å². The molecule has 2 aliphatic rings. The zero-order valence-electron chi connectivity index (χ0n) is 20.2. The van der Waals surface area contributed by atoms with Crippen LogP contribution in [-0.4, -0.2) is 16.8 Å². The molecule has 11 heteroatoms. The van der Waals surface area contributed by atoms with Crippen LogP contribution in [0.4, 0.5) is 21.9 Å². The largest absolute Gasteiger partial charge is 3.00 e. The third kappa shape index (κ3) is 8.31. The monoisotopic (exact) mass is 550 g/mol. The van der Waals surface area contributed by atoms with E-state index in [-0.39, 0.29) is 22.5 Å². The molecule has 2 heterocycles. The number of carbonyl (C=O) groups excluding carboxylic acids is 1. The quantitative estimate of drug-likeness (QED) is 0.118. The van der Waals surface area contributed by atoms with Crippen molar-refractivity contribution < 1.29 is 26.7 Å². The summed E-state index contributed by atoms with van der Waals surface area (Å²) in [7, 11) is 0. The summed E-state index contributed by atoms with van der Waals surface area (Å²) in [6, 6.07) is 19.6. The predicted molar refractivity (Wildman–Crippen MR) is 148 cm³/mol.